The van der Waals surface area contributed by atoms with Gasteiger partial charge in [0.25, 0.3) is 5.91 Å². The number of ether oxygens (including phenoxy) is 1. The Balaban J connectivity index is 2.12. The molecule has 0 fully saturated rings. The molecule has 0 unspecified atom stereocenters. The van der Waals surface area contributed by atoms with E-state index in [1.165, 1.54) is 0 Å². The molecule has 1 amide bonds. The lowest BCUT2D eigenvalue weighted by molar-refractivity contribution is 0.0998. The van der Waals surface area contributed by atoms with E-state index in [4.69, 9.17) is 10.5 Å². The van der Waals surface area contributed by atoms with Crippen molar-refractivity contribution in [2.75, 3.05) is 6.54 Å². The third-order valence-corrected chi connectivity index (χ3v) is 2.61. The second-order valence-electron chi connectivity index (χ2n) is 4.12. The second kappa shape index (κ2) is 6.63. The minimum absolute atomic E-state index is 0.180. The summed E-state index contributed by atoms with van der Waals surface area (Å²) in [6.45, 7) is 3.61. The van der Waals surface area contributed by atoms with Crippen LogP contribution >= 0.6 is 0 Å². The Morgan fingerprint density at radius 1 is 1.30 bits per heavy atom. The van der Waals surface area contributed by atoms with Crippen LogP contribution in [-0.4, -0.2) is 22.4 Å². The number of carbonyl (C=O) groups is 1. The van der Waals surface area contributed by atoms with Gasteiger partial charge in [-0.3, -0.25) is 4.79 Å². The van der Waals surface area contributed by atoms with Gasteiger partial charge in [0.2, 0.25) is 0 Å². The predicted octanol–water partition coefficient (Wildman–Crippen LogP) is 1.48. The van der Waals surface area contributed by atoms with Crippen LogP contribution in [0.4, 0.5) is 0 Å². The quantitative estimate of drug-likeness (QED) is 0.831. The topological polar surface area (TPSA) is 90.1 Å². The molecule has 104 valence electrons. The van der Waals surface area contributed by atoms with Gasteiger partial charge in [0.15, 0.2) is 0 Å². The first-order valence-corrected chi connectivity index (χ1v) is 6.29. The summed E-state index contributed by atoms with van der Waals surface area (Å²) in [6, 6.07) is 6.89. The summed E-state index contributed by atoms with van der Waals surface area (Å²) in [5.74, 6) is -0.205. The van der Waals surface area contributed by atoms with E-state index in [1.54, 1.807) is 36.7 Å². The van der Waals surface area contributed by atoms with E-state index in [2.05, 4.69) is 15.3 Å². The summed E-state index contributed by atoms with van der Waals surface area (Å²) in [5, 5.41) is 3.18. The average molecular weight is 272 g/mol. The van der Waals surface area contributed by atoms with Crippen LogP contribution in [0.2, 0.25) is 0 Å². The summed E-state index contributed by atoms with van der Waals surface area (Å²) in [5.41, 5.74) is 6.54. The smallest absolute Gasteiger partial charge is 0.321 e. The molecule has 0 radical (unpaired) electrons. The molecular formula is C14H16N4O2. The molecule has 0 bridgehead atoms. The number of aromatic nitrogens is 2. The first-order chi connectivity index (χ1) is 9.70. The lowest BCUT2D eigenvalue weighted by Crippen LogP contribution is -2.13. The molecular weight excluding hydrogens is 256 g/mol. The van der Waals surface area contributed by atoms with E-state index >= 15 is 0 Å². The summed E-state index contributed by atoms with van der Waals surface area (Å²) in [7, 11) is 0. The molecule has 2 aromatic rings. The maximum Gasteiger partial charge on any atom is 0.321 e. The Kier molecular flexibility index (Phi) is 4.62. The number of nitrogens with one attached hydrogen (secondary N) is 1. The average Bonchev–Trinajstić information content (AvgIpc) is 2.47. The van der Waals surface area contributed by atoms with Crippen molar-refractivity contribution in [1.82, 2.24) is 15.3 Å². The third kappa shape index (κ3) is 3.52. The monoisotopic (exact) mass is 272 g/mol. The molecule has 0 spiro atoms. The molecule has 1 aromatic carbocycles. The van der Waals surface area contributed by atoms with Crippen molar-refractivity contribution in [3.8, 4) is 11.8 Å². The number of hydrogen-bond acceptors (Lipinski definition) is 5. The normalized spacial score (nSPS) is 10.2. The number of para-hydroxylation sites is 1. The van der Waals surface area contributed by atoms with E-state index in [0.717, 1.165) is 12.1 Å². The van der Waals surface area contributed by atoms with Crippen LogP contribution in [-0.2, 0) is 6.54 Å². The maximum atomic E-state index is 11.3. The number of amides is 1. The van der Waals surface area contributed by atoms with Gasteiger partial charge in [-0.25, -0.2) is 9.97 Å². The van der Waals surface area contributed by atoms with E-state index < -0.39 is 5.91 Å². The van der Waals surface area contributed by atoms with Crippen LogP contribution in [0.1, 0.15) is 22.8 Å². The molecule has 6 nitrogen and oxygen atoms in total. The van der Waals surface area contributed by atoms with Crippen molar-refractivity contribution in [1.29, 1.82) is 0 Å². The molecule has 0 aliphatic heterocycles. The standard InChI is InChI=1S/C14H16N4O2/c1-2-16-7-10-8-17-14(18-9-10)20-12-6-4-3-5-11(12)13(15)19/h3-6,8-9,16H,2,7H2,1H3,(H2,15,19). The molecule has 0 saturated carbocycles. The fourth-order valence-corrected chi connectivity index (χ4v) is 1.61. The number of benzene rings is 1. The zero-order valence-corrected chi connectivity index (χ0v) is 11.2. The van der Waals surface area contributed by atoms with Crippen molar-refractivity contribution in [2.45, 2.75) is 13.5 Å². The zero-order valence-electron chi connectivity index (χ0n) is 11.2. The lowest BCUT2D eigenvalue weighted by atomic mass is 10.2. The first-order valence-electron chi connectivity index (χ1n) is 6.29. The molecule has 0 aliphatic carbocycles. The van der Waals surface area contributed by atoms with Crippen LogP contribution in [0.15, 0.2) is 36.7 Å². The third-order valence-electron chi connectivity index (χ3n) is 2.61. The van der Waals surface area contributed by atoms with Gasteiger partial charge in [0.05, 0.1) is 5.56 Å². The molecule has 1 aromatic heterocycles. The molecule has 2 rings (SSSR count). The number of primary amides is 1. The summed E-state index contributed by atoms with van der Waals surface area (Å²) < 4.78 is 5.49. The Morgan fingerprint density at radius 2 is 2.00 bits per heavy atom. The van der Waals surface area contributed by atoms with Gasteiger partial charge in [-0.05, 0) is 18.7 Å². The highest BCUT2D eigenvalue weighted by molar-refractivity contribution is 5.95. The minimum Gasteiger partial charge on any atom is -0.423 e. The number of hydrogen-bond donors (Lipinski definition) is 2. The van der Waals surface area contributed by atoms with E-state index in [-0.39, 0.29) is 6.01 Å². The number of nitrogens with two attached hydrogens (primary N) is 1. The fourth-order valence-electron chi connectivity index (χ4n) is 1.61. The van der Waals surface area contributed by atoms with Crippen molar-refractivity contribution in [3.05, 3.63) is 47.8 Å². The maximum absolute atomic E-state index is 11.3. The summed E-state index contributed by atoms with van der Waals surface area (Å²) >= 11 is 0. The summed E-state index contributed by atoms with van der Waals surface area (Å²) in [4.78, 5) is 19.5. The highest BCUT2D eigenvalue weighted by atomic mass is 16.5. The zero-order chi connectivity index (χ0) is 14.4. The minimum atomic E-state index is -0.552. The SMILES string of the molecule is CCNCc1cnc(Oc2ccccc2C(N)=O)nc1. The predicted molar refractivity (Wildman–Crippen MR) is 74.4 cm³/mol. The molecule has 0 saturated heterocycles. The van der Waals surface area contributed by atoms with Gasteiger partial charge < -0.3 is 15.8 Å². The Bertz CT molecular complexity index is 584. The number of nitrogens with zero attached hydrogens (tertiary/aromatic N) is 2. The van der Waals surface area contributed by atoms with Crippen LogP contribution in [0.25, 0.3) is 0 Å². The van der Waals surface area contributed by atoms with Gasteiger partial charge in [-0.2, -0.15) is 0 Å². The second-order valence-corrected chi connectivity index (χ2v) is 4.12. The summed E-state index contributed by atoms with van der Waals surface area (Å²) in [6.07, 6.45) is 3.36. The molecule has 20 heavy (non-hydrogen) atoms. The molecule has 0 atom stereocenters. The van der Waals surface area contributed by atoms with E-state index in [1.807, 2.05) is 6.92 Å². The molecule has 1 heterocycles. The van der Waals surface area contributed by atoms with Crippen molar-refractivity contribution in [3.63, 3.8) is 0 Å². The van der Waals surface area contributed by atoms with E-state index in [9.17, 15) is 4.79 Å². The largest absolute Gasteiger partial charge is 0.423 e. The van der Waals surface area contributed by atoms with Gasteiger partial charge in [-0.1, -0.05) is 19.1 Å². The van der Waals surface area contributed by atoms with Gasteiger partial charge >= 0.3 is 6.01 Å². The Hall–Kier alpha value is -2.47. The van der Waals surface area contributed by atoms with Crippen molar-refractivity contribution < 1.29 is 9.53 Å². The molecule has 6 heteroatoms. The number of rotatable bonds is 6. The fraction of sp³-hybridized carbons (Fsp3) is 0.214. The van der Waals surface area contributed by atoms with E-state index in [0.29, 0.717) is 17.9 Å². The molecule has 3 N–H and O–H groups in total. The Labute approximate surface area is 117 Å². The number of carbonyl (C=O) groups excluding carboxylic acids is 1. The Morgan fingerprint density at radius 3 is 2.65 bits per heavy atom. The highest BCUT2D eigenvalue weighted by Gasteiger charge is 2.10. The van der Waals surface area contributed by atoms with Crippen LogP contribution < -0.4 is 15.8 Å². The van der Waals surface area contributed by atoms with Crippen molar-refractivity contribution in [2.24, 2.45) is 5.73 Å². The molecule has 0 aliphatic rings. The van der Waals surface area contributed by atoms with Crippen LogP contribution in [0.3, 0.4) is 0 Å². The van der Waals surface area contributed by atoms with Gasteiger partial charge in [0, 0.05) is 24.5 Å². The lowest BCUT2D eigenvalue weighted by Gasteiger charge is -2.07. The van der Waals surface area contributed by atoms with Gasteiger partial charge in [0.1, 0.15) is 5.75 Å². The van der Waals surface area contributed by atoms with Crippen molar-refractivity contribution >= 4 is 5.91 Å². The first kappa shape index (κ1) is 14.0. The highest BCUT2D eigenvalue weighted by Crippen LogP contribution is 2.22. The van der Waals surface area contributed by atoms with Crippen LogP contribution in [0.5, 0.6) is 11.8 Å². The van der Waals surface area contributed by atoms with Gasteiger partial charge in [-0.15, -0.1) is 0 Å². The van der Waals surface area contributed by atoms with Crippen LogP contribution in [0, 0.1) is 0 Å².